The van der Waals surface area contributed by atoms with Crippen LogP contribution in [0.25, 0.3) is 0 Å². The molecule has 4 aromatic rings. The van der Waals surface area contributed by atoms with Gasteiger partial charge in [-0.1, -0.05) is 59.8 Å². The van der Waals surface area contributed by atoms with Crippen LogP contribution in [-0.4, -0.2) is 26.6 Å². The summed E-state index contributed by atoms with van der Waals surface area (Å²) in [5, 5.41) is 11.6. The number of nitrogens with zero attached hydrogens (tertiary/aromatic N) is 3. The molecule has 8 nitrogen and oxygen atoms in total. The van der Waals surface area contributed by atoms with E-state index in [1.807, 2.05) is 72.2 Å². The van der Waals surface area contributed by atoms with E-state index in [1.165, 1.54) is 11.8 Å². The highest BCUT2D eigenvalue weighted by Crippen LogP contribution is 2.36. The Labute approximate surface area is 201 Å². The first kappa shape index (κ1) is 23.3. The Morgan fingerprint density at radius 1 is 1.06 bits per heavy atom. The number of amides is 2. The molecule has 0 aliphatic rings. The van der Waals surface area contributed by atoms with Crippen molar-refractivity contribution in [2.75, 3.05) is 5.32 Å². The number of thioether (sulfide) groups is 1. The fourth-order valence-electron chi connectivity index (χ4n) is 3.39. The topological polar surface area (TPSA) is 116 Å². The lowest BCUT2D eigenvalue weighted by atomic mass is 10.1. The van der Waals surface area contributed by atoms with Crippen molar-refractivity contribution in [2.45, 2.75) is 36.7 Å². The van der Waals surface area contributed by atoms with Gasteiger partial charge in [-0.25, -0.2) is 0 Å². The summed E-state index contributed by atoms with van der Waals surface area (Å²) in [7, 11) is 0. The van der Waals surface area contributed by atoms with E-state index in [0.717, 1.165) is 16.8 Å². The number of hydrogen-bond donors (Lipinski definition) is 2. The molecule has 1 unspecified atom stereocenters. The van der Waals surface area contributed by atoms with Gasteiger partial charge in [0.2, 0.25) is 11.8 Å². The number of rotatable bonds is 10. The quantitative estimate of drug-likeness (QED) is 0.333. The van der Waals surface area contributed by atoms with E-state index in [-0.39, 0.29) is 12.3 Å². The molecule has 0 radical (unpaired) electrons. The van der Waals surface area contributed by atoms with Gasteiger partial charge in [-0.3, -0.25) is 14.2 Å². The lowest BCUT2D eigenvalue weighted by Crippen LogP contribution is -2.20. The van der Waals surface area contributed by atoms with Crippen molar-refractivity contribution < 1.29 is 14.0 Å². The third kappa shape index (κ3) is 5.93. The van der Waals surface area contributed by atoms with Gasteiger partial charge >= 0.3 is 0 Å². The second-order valence-electron chi connectivity index (χ2n) is 7.79. The molecule has 2 amide bonds. The van der Waals surface area contributed by atoms with E-state index in [2.05, 4.69) is 15.5 Å². The number of benzene rings is 2. The lowest BCUT2D eigenvalue weighted by molar-refractivity contribution is -0.118. The number of hydrogen-bond acceptors (Lipinski definition) is 6. The highest BCUT2D eigenvalue weighted by atomic mass is 32.2. The van der Waals surface area contributed by atoms with Gasteiger partial charge in [0.1, 0.15) is 16.8 Å². The number of carbonyl (C=O) groups is 2. The molecule has 2 aromatic heterocycles. The Bertz CT molecular complexity index is 1240. The van der Waals surface area contributed by atoms with E-state index < -0.39 is 11.2 Å². The molecule has 9 heteroatoms. The maximum Gasteiger partial charge on any atom is 0.242 e. The molecule has 174 valence electrons. The molecular weight excluding hydrogens is 450 g/mol. The zero-order valence-corrected chi connectivity index (χ0v) is 19.5. The predicted octanol–water partition coefficient (Wildman–Crippen LogP) is 4.12. The summed E-state index contributed by atoms with van der Waals surface area (Å²) in [6, 6.07) is 20.8. The third-order valence-electron chi connectivity index (χ3n) is 5.17. The van der Waals surface area contributed by atoms with Crippen LogP contribution in [0.15, 0.2) is 82.6 Å². The summed E-state index contributed by atoms with van der Waals surface area (Å²) in [6.07, 6.45) is 2.09. The molecule has 4 rings (SSSR count). The van der Waals surface area contributed by atoms with Crippen molar-refractivity contribution in [3.8, 4) is 0 Å². The van der Waals surface area contributed by atoms with Gasteiger partial charge < -0.3 is 15.5 Å². The highest BCUT2D eigenvalue weighted by molar-refractivity contribution is 8.00. The standard InChI is InChI=1S/C25H25N5O3S/c1-17-9-11-19(12-10-17)27-24(32)23(18-6-3-2-4-7-18)34-25-29-28-22(14-13-21(26)31)30(25)16-20-8-5-15-33-20/h2-12,15,23H,13-14,16H2,1H3,(H2,26,31)(H,27,32). The minimum absolute atomic E-state index is 0.150. The molecule has 0 aliphatic carbocycles. The van der Waals surface area contributed by atoms with Crippen molar-refractivity contribution in [3.63, 3.8) is 0 Å². The maximum atomic E-state index is 13.4. The molecule has 0 spiro atoms. The first-order valence-electron chi connectivity index (χ1n) is 10.8. The number of aryl methyl sites for hydroxylation is 2. The van der Waals surface area contributed by atoms with Crippen molar-refractivity contribution in [2.24, 2.45) is 5.73 Å². The van der Waals surface area contributed by atoms with Gasteiger partial charge in [-0.15, -0.1) is 10.2 Å². The first-order valence-corrected chi connectivity index (χ1v) is 11.7. The summed E-state index contributed by atoms with van der Waals surface area (Å²) in [6.45, 7) is 2.37. The molecule has 0 fully saturated rings. The van der Waals surface area contributed by atoms with Crippen LogP contribution in [0.3, 0.4) is 0 Å². The highest BCUT2D eigenvalue weighted by Gasteiger charge is 2.26. The maximum absolute atomic E-state index is 13.4. The molecule has 0 aliphatic heterocycles. The van der Waals surface area contributed by atoms with Crippen LogP contribution < -0.4 is 11.1 Å². The Morgan fingerprint density at radius 3 is 2.50 bits per heavy atom. The van der Waals surface area contributed by atoms with Crippen LogP contribution in [0.5, 0.6) is 0 Å². The Balaban J connectivity index is 1.64. The second-order valence-corrected chi connectivity index (χ2v) is 8.87. The summed E-state index contributed by atoms with van der Waals surface area (Å²) in [5.74, 6) is 0.721. The van der Waals surface area contributed by atoms with E-state index in [4.69, 9.17) is 10.2 Å². The lowest BCUT2D eigenvalue weighted by Gasteiger charge is -2.17. The van der Waals surface area contributed by atoms with E-state index in [0.29, 0.717) is 29.7 Å². The number of nitrogens with one attached hydrogen (secondary N) is 1. The monoisotopic (exact) mass is 475 g/mol. The molecule has 0 saturated carbocycles. The van der Waals surface area contributed by atoms with Gasteiger partial charge in [0.15, 0.2) is 5.16 Å². The van der Waals surface area contributed by atoms with Gasteiger partial charge in [0, 0.05) is 18.5 Å². The van der Waals surface area contributed by atoms with Crippen LogP contribution in [0.2, 0.25) is 0 Å². The third-order valence-corrected chi connectivity index (χ3v) is 6.40. The van der Waals surface area contributed by atoms with Gasteiger partial charge in [-0.05, 0) is 36.8 Å². The average molecular weight is 476 g/mol. The van der Waals surface area contributed by atoms with Crippen LogP contribution >= 0.6 is 11.8 Å². The predicted molar refractivity (Wildman–Crippen MR) is 130 cm³/mol. The van der Waals surface area contributed by atoms with Gasteiger partial charge in [0.05, 0.1) is 12.8 Å². The minimum atomic E-state index is -0.578. The molecule has 0 saturated heterocycles. The summed E-state index contributed by atoms with van der Waals surface area (Å²) in [4.78, 5) is 24.7. The first-order chi connectivity index (χ1) is 16.5. The van der Waals surface area contributed by atoms with E-state index in [9.17, 15) is 9.59 Å². The minimum Gasteiger partial charge on any atom is -0.467 e. The largest absolute Gasteiger partial charge is 0.467 e. The smallest absolute Gasteiger partial charge is 0.242 e. The van der Waals surface area contributed by atoms with E-state index >= 15 is 0 Å². The van der Waals surface area contributed by atoms with Crippen molar-refractivity contribution in [3.05, 3.63) is 95.7 Å². The number of anilines is 1. The van der Waals surface area contributed by atoms with Crippen LogP contribution in [0.4, 0.5) is 5.69 Å². The Hall–Kier alpha value is -3.85. The zero-order valence-electron chi connectivity index (χ0n) is 18.7. The van der Waals surface area contributed by atoms with Crippen LogP contribution in [-0.2, 0) is 22.6 Å². The summed E-state index contributed by atoms with van der Waals surface area (Å²) in [5.41, 5.74) is 8.01. The van der Waals surface area contributed by atoms with Crippen LogP contribution in [0, 0.1) is 6.92 Å². The van der Waals surface area contributed by atoms with Crippen molar-refractivity contribution in [1.82, 2.24) is 14.8 Å². The van der Waals surface area contributed by atoms with Gasteiger partial charge in [0.25, 0.3) is 0 Å². The molecule has 0 bridgehead atoms. The molecule has 2 heterocycles. The average Bonchev–Trinajstić information content (AvgIpc) is 3.48. The molecule has 1 atom stereocenters. The molecule has 2 aromatic carbocycles. The Kier molecular flexibility index (Phi) is 7.44. The van der Waals surface area contributed by atoms with Crippen molar-refractivity contribution >= 4 is 29.3 Å². The molecular formula is C25H25N5O3S. The number of nitrogens with two attached hydrogens (primary N) is 1. The number of primary amides is 1. The number of aromatic nitrogens is 3. The fourth-order valence-corrected chi connectivity index (χ4v) is 4.45. The van der Waals surface area contributed by atoms with Crippen LogP contribution in [0.1, 0.15) is 34.4 Å². The fraction of sp³-hybridized carbons (Fsp3) is 0.200. The summed E-state index contributed by atoms with van der Waals surface area (Å²) < 4.78 is 7.37. The SMILES string of the molecule is Cc1ccc(NC(=O)C(Sc2nnc(CCC(N)=O)n2Cc2ccco2)c2ccccc2)cc1. The molecule has 34 heavy (non-hydrogen) atoms. The second kappa shape index (κ2) is 10.8. The van der Waals surface area contributed by atoms with Gasteiger partial charge in [-0.2, -0.15) is 0 Å². The summed E-state index contributed by atoms with van der Waals surface area (Å²) >= 11 is 1.30. The Morgan fingerprint density at radius 2 is 1.82 bits per heavy atom. The number of furan rings is 1. The normalized spacial score (nSPS) is 11.8. The zero-order chi connectivity index (χ0) is 23.9. The molecule has 3 N–H and O–H groups in total. The van der Waals surface area contributed by atoms with Crippen molar-refractivity contribution in [1.29, 1.82) is 0 Å². The van der Waals surface area contributed by atoms with E-state index in [1.54, 1.807) is 12.3 Å². The number of carbonyl (C=O) groups excluding carboxylic acids is 2.